The highest BCUT2D eigenvalue weighted by Crippen LogP contribution is 2.32. The molecule has 0 spiro atoms. The Bertz CT molecular complexity index is 546. The molecule has 0 saturated carbocycles. The fourth-order valence-corrected chi connectivity index (χ4v) is 2.61. The zero-order valence-corrected chi connectivity index (χ0v) is 13.3. The Kier molecular flexibility index (Phi) is 4.35. The molecule has 0 bridgehead atoms. The summed E-state index contributed by atoms with van der Waals surface area (Å²) < 4.78 is 0. The van der Waals surface area contributed by atoms with E-state index in [0.29, 0.717) is 13.0 Å². The van der Waals surface area contributed by atoms with Crippen molar-refractivity contribution < 1.29 is 9.59 Å². The Hall–Kier alpha value is -1.84. The van der Waals surface area contributed by atoms with Gasteiger partial charge in [0.25, 0.3) is 0 Å². The summed E-state index contributed by atoms with van der Waals surface area (Å²) in [6.07, 6.45) is 1.23. The molecule has 4 heteroatoms. The molecule has 0 unspecified atom stereocenters. The van der Waals surface area contributed by atoms with Crippen LogP contribution in [0.25, 0.3) is 0 Å². The third-order valence-corrected chi connectivity index (χ3v) is 3.78. The molecule has 0 aromatic heterocycles. The Morgan fingerprint density at radius 3 is 2.62 bits per heavy atom. The lowest BCUT2D eigenvalue weighted by molar-refractivity contribution is -0.128. The first-order valence-electron chi connectivity index (χ1n) is 7.49. The summed E-state index contributed by atoms with van der Waals surface area (Å²) in [5, 5.41) is 2.83. The van der Waals surface area contributed by atoms with Gasteiger partial charge in [-0.05, 0) is 25.0 Å². The Morgan fingerprint density at radius 1 is 1.29 bits per heavy atom. The quantitative estimate of drug-likeness (QED) is 0.929. The molecular weight excluding hydrogens is 264 g/mol. The smallest absolute Gasteiger partial charge is 0.229 e. The molecule has 0 radical (unpaired) electrons. The van der Waals surface area contributed by atoms with Crippen LogP contribution in [-0.2, 0) is 16.0 Å². The van der Waals surface area contributed by atoms with Crippen molar-refractivity contribution in [2.45, 2.75) is 46.6 Å². The molecule has 0 saturated heterocycles. The lowest BCUT2D eigenvalue weighted by Crippen LogP contribution is -2.40. The normalized spacial score (nSPS) is 17.5. The van der Waals surface area contributed by atoms with Crippen LogP contribution in [-0.4, -0.2) is 24.4 Å². The third-order valence-electron chi connectivity index (χ3n) is 3.78. The summed E-state index contributed by atoms with van der Waals surface area (Å²) in [6.45, 7) is 8.04. The van der Waals surface area contributed by atoms with E-state index in [1.54, 1.807) is 0 Å². The lowest BCUT2D eigenvalue weighted by atomic mass is 9.96. The number of hydrogen-bond acceptors (Lipinski definition) is 2. The van der Waals surface area contributed by atoms with Crippen molar-refractivity contribution in [2.24, 2.45) is 5.41 Å². The Balaban J connectivity index is 1.94. The average molecular weight is 288 g/mol. The zero-order valence-electron chi connectivity index (χ0n) is 13.3. The van der Waals surface area contributed by atoms with Crippen LogP contribution in [0.4, 0.5) is 5.69 Å². The maximum absolute atomic E-state index is 12.4. The number of nitrogens with zero attached hydrogens (tertiary/aromatic N) is 1. The molecule has 2 rings (SSSR count). The fraction of sp³-hybridized carbons (Fsp3) is 0.529. The van der Waals surface area contributed by atoms with Crippen LogP contribution < -0.4 is 10.2 Å². The van der Waals surface area contributed by atoms with Gasteiger partial charge in [0.05, 0.1) is 0 Å². The molecule has 0 fully saturated rings. The van der Waals surface area contributed by atoms with Crippen molar-refractivity contribution in [3.63, 3.8) is 0 Å². The monoisotopic (exact) mass is 288 g/mol. The van der Waals surface area contributed by atoms with E-state index in [0.717, 1.165) is 12.1 Å². The van der Waals surface area contributed by atoms with Crippen molar-refractivity contribution in [3.05, 3.63) is 29.8 Å². The Labute approximate surface area is 126 Å². The van der Waals surface area contributed by atoms with Crippen molar-refractivity contribution in [2.75, 3.05) is 11.4 Å². The first-order valence-corrected chi connectivity index (χ1v) is 7.49. The van der Waals surface area contributed by atoms with Crippen LogP contribution in [0.15, 0.2) is 24.3 Å². The Morgan fingerprint density at radius 2 is 1.95 bits per heavy atom. The number of fused-ring (bicyclic) bond motifs is 1. The number of carbonyl (C=O) groups excluding carboxylic acids is 2. The minimum Gasteiger partial charge on any atom is -0.355 e. The van der Waals surface area contributed by atoms with Crippen molar-refractivity contribution in [1.29, 1.82) is 0 Å². The second-order valence-electron chi connectivity index (χ2n) is 6.70. The highest BCUT2D eigenvalue weighted by atomic mass is 16.2. The SMILES string of the molecule is C[C@@H]1Cc2ccccc2N1C(=O)CCNC(=O)C(C)(C)C. The molecule has 1 heterocycles. The fourth-order valence-electron chi connectivity index (χ4n) is 2.61. The number of carbonyl (C=O) groups is 2. The van der Waals surface area contributed by atoms with Gasteiger partial charge in [-0.3, -0.25) is 9.59 Å². The highest BCUT2D eigenvalue weighted by molar-refractivity contribution is 5.96. The second kappa shape index (κ2) is 5.88. The van der Waals surface area contributed by atoms with E-state index in [-0.39, 0.29) is 17.9 Å². The van der Waals surface area contributed by atoms with Gasteiger partial charge in [-0.1, -0.05) is 39.0 Å². The van der Waals surface area contributed by atoms with Crippen LogP contribution in [0.5, 0.6) is 0 Å². The first-order chi connectivity index (χ1) is 9.80. The molecule has 1 aliphatic heterocycles. The van der Waals surface area contributed by atoms with E-state index in [1.807, 2.05) is 43.9 Å². The minimum atomic E-state index is -0.420. The van der Waals surface area contributed by atoms with Gasteiger partial charge in [0.2, 0.25) is 11.8 Å². The zero-order chi connectivity index (χ0) is 15.6. The topological polar surface area (TPSA) is 49.4 Å². The summed E-state index contributed by atoms with van der Waals surface area (Å²) in [4.78, 5) is 26.1. The van der Waals surface area contributed by atoms with Gasteiger partial charge in [-0.15, -0.1) is 0 Å². The molecule has 2 amide bonds. The van der Waals surface area contributed by atoms with Gasteiger partial charge < -0.3 is 10.2 Å². The number of nitrogens with one attached hydrogen (secondary N) is 1. The number of hydrogen-bond donors (Lipinski definition) is 1. The first kappa shape index (κ1) is 15.5. The lowest BCUT2D eigenvalue weighted by Gasteiger charge is -2.23. The van der Waals surface area contributed by atoms with Crippen molar-refractivity contribution in [1.82, 2.24) is 5.32 Å². The summed E-state index contributed by atoms with van der Waals surface area (Å²) >= 11 is 0. The van der Waals surface area contributed by atoms with Crippen LogP contribution in [0.3, 0.4) is 0 Å². The van der Waals surface area contributed by atoms with Gasteiger partial charge in [0.1, 0.15) is 0 Å². The van der Waals surface area contributed by atoms with Gasteiger partial charge in [0, 0.05) is 30.1 Å². The molecule has 1 aliphatic rings. The number of rotatable bonds is 3. The summed E-state index contributed by atoms with van der Waals surface area (Å²) in [7, 11) is 0. The summed E-state index contributed by atoms with van der Waals surface area (Å²) in [5.41, 5.74) is 1.81. The maximum atomic E-state index is 12.4. The van der Waals surface area contributed by atoms with E-state index in [2.05, 4.69) is 18.3 Å². The van der Waals surface area contributed by atoms with Gasteiger partial charge in [-0.2, -0.15) is 0 Å². The molecular formula is C17H24N2O2. The van der Waals surface area contributed by atoms with Crippen LogP contribution in [0, 0.1) is 5.41 Å². The molecule has 4 nitrogen and oxygen atoms in total. The molecule has 1 aromatic rings. The van der Waals surface area contributed by atoms with E-state index >= 15 is 0 Å². The molecule has 1 aromatic carbocycles. The maximum Gasteiger partial charge on any atom is 0.229 e. The number of anilines is 1. The van der Waals surface area contributed by atoms with Gasteiger partial charge in [0.15, 0.2) is 0 Å². The van der Waals surface area contributed by atoms with E-state index in [4.69, 9.17) is 0 Å². The molecule has 1 atom stereocenters. The van der Waals surface area contributed by atoms with Crippen molar-refractivity contribution >= 4 is 17.5 Å². The van der Waals surface area contributed by atoms with Gasteiger partial charge >= 0.3 is 0 Å². The molecule has 0 aliphatic carbocycles. The standard InChI is InChI=1S/C17H24N2O2/c1-12-11-13-7-5-6-8-14(13)19(12)15(20)9-10-18-16(21)17(2,3)4/h5-8,12H,9-11H2,1-4H3,(H,18,21)/t12-/m1/s1. The largest absolute Gasteiger partial charge is 0.355 e. The van der Waals surface area contributed by atoms with E-state index in [1.165, 1.54) is 5.56 Å². The number of para-hydroxylation sites is 1. The van der Waals surface area contributed by atoms with Crippen LogP contribution in [0.2, 0.25) is 0 Å². The number of benzene rings is 1. The van der Waals surface area contributed by atoms with Crippen molar-refractivity contribution in [3.8, 4) is 0 Å². The highest BCUT2D eigenvalue weighted by Gasteiger charge is 2.30. The number of amides is 2. The summed E-state index contributed by atoms with van der Waals surface area (Å²) in [5.74, 6) is 0.0480. The van der Waals surface area contributed by atoms with Crippen LogP contribution in [0.1, 0.15) is 39.7 Å². The van der Waals surface area contributed by atoms with E-state index in [9.17, 15) is 9.59 Å². The second-order valence-corrected chi connectivity index (χ2v) is 6.70. The summed E-state index contributed by atoms with van der Waals surface area (Å²) in [6, 6.07) is 8.21. The third kappa shape index (κ3) is 3.43. The molecule has 21 heavy (non-hydrogen) atoms. The van der Waals surface area contributed by atoms with Crippen LogP contribution >= 0.6 is 0 Å². The average Bonchev–Trinajstić information content (AvgIpc) is 2.73. The van der Waals surface area contributed by atoms with Gasteiger partial charge in [-0.25, -0.2) is 0 Å². The predicted octanol–water partition coefficient (Wildman–Crippen LogP) is 2.52. The molecule has 114 valence electrons. The minimum absolute atomic E-state index is 0.0230. The molecule has 1 N–H and O–H groups in total. The predicted molar refractivity (Wildman–Crippen MR) is 84.2 cm³/mol. The van der Waals surface area contributed by atoms with E-state index < -0.39 is 5.41 Å².